The Morgan fingerprint density at radius 2 is 0.944 bits per heavy atom. The molecular formula is C30H26N4O2-2. The summed E-state index contributed by atoms with van der Waals surface area (Å²) in [5, 5.41) is 31.9. The van der Waals surface area contributed by atoms with Gasteiger partial charge in [-0.15, -0.1) is 0 Å². The fourth-order valence-corrected chi connectivity index (χ4v) is 6.33. The van der Waals surface area contributed by atoms with Crippen LogP contribution in [0, 0.1) is 0 Å². The zero-order valence-corrected chi connectivity index (χ0v) is 20.8. The Labute approximate surface area is 210 Å². The second kappa shape index (κ2) is 7.10. The Bertz CT molecular complexity index is 1550. The van der Waals surface area contributed by atoms with Gasteiger partial charge < -0.3 is 29.8 Å². The topological polar surface area (TPSA) is 59.1 Å². The smallest absolute Gasteiger partial charge is 0.0897 e. The standard InChI is InChI=1S/C30H28N4O2/c1-31-15-33(3)27-19(13-11-17-7-5-9-21(31)23(17)27)25-29(35)26(30(25)36)20-14-12-18-8-6-10-22-24(18)28(20)34(4)16-32(22)2/h5-14,35-36H,15-16H2,1-4H3/p-2. The highest BCUT2D eigenvalue weighted by molar-refractivity contribution is 6.17. The van der Waals surface area contributed by atoms with Crippen LogP contribution in [0.15, 0.2) is 72.2 Å². The van der Waals surface area contributed by atoms with Crippen molar-refractivity contribution in [2.24, 2.45) is 0 Å². The van der Waals surface area contributed by atoms with Crippen molar-refractivity contribution in [1.82, 2.24) is 0 Å². The number of allylic oxidation sites excluding steroid dienone is 2. The van der Waals surface area contributed by atoms with Crippen LogP contribution in [-0.2, 0) is 0 Å². The minimum atomic E-state index is -0.166. The predicted octanol–water partition coefficient (Wildman–Crippen LogP) is 3.54. The van der Waals surface area contributed by atoms with E-state index in [9.17, 15) is 10.2 Å². The molecule has 36 heavy (non-hydrogen) atoms. The van der Waals surface area contributed by atoms with E-state index in [2.05, 4.69) is 70.1 Å². The van der Waals surface area contributed by atoms with Crippen molar-refractivity contribution in [3.05, 3.63) is 83.3 Å². The lowest BCUT2D eigenvalue weighted by molar-refractivity contribution is -0.316. The lowest BCUT2D eigenvalue weighted by Crippen LogP contribution is -2.38. The van der Waals surface area contributed by atoms with Gasteiger partial charge in [0.1, 0.15) is 0 Å². The van der Waals surface area contributed by atoms with E-state index in [1.807, 2.05) is 38.4 Å². The summed E-state index contributed by atoms with van der Waals surface area (Å²) in [5.74, 6) is -0.332. The van der Waals surface area contributed by atoms with Crippen molar-refractivity contribution < 1.29 is 10.2 Å². The number of benzene rings is 4. The molecule has 180 valence electrons. The van der Waals surface area contributed by atoms with Crippen LogP contribution in [0.1, 0.15) is 11.1 Å². The highest BCUT2D eigenvalue weighted by Crippen LogP contribution is 2.52. The Hall–Kier alpha value is -4.32. The third-order valence-corrected chi connectivity index (χ3v) is 7.87. The summed E-state index contributed by atoms with van der Waals surface area (Å²) in [7, 11) is 8.16. The van der Waals surface area contributed by atoms with Crippen LogP contribution < -0.4 is 29.8 Å². The molecule has 0 spiro atoms. The molecule has 0 N–H and O–H groups in total. The van der Waals surface area contributed by atoms with Gasteiger partial charge in [0.2, 0.25) is 0 Å². The summed E-state index contributed by atoms with van der Waals surface area (Å²) in [6, 6.07) is 20.4. The molecule has 0 unspecified atom stereocenters. The molecule has 4 aromatic rings. The van der Waals surface area contributed by atoms with Crippen molar-refractivity contribution in [3.8, 4) is 0 Å². The summed E-state index contributed by atoms with van der Waals surface area (Å²) in [4.78, 5) is 8.64. The van der Waals surface area contributed by atoms with E-state index in [-0.39, 0.29) is 11.5 Å². The number of hydrogen-bond donors (Lipinski definition) is 0. The summed E-state index contributed by atoms with van der Waals surface area (Å²) in [6.07, 6.45) is 0. The van der Waals surface area contributed by atoms with Gasteiger partial charge in [-0.05, 0) is 34.1 Å². The van der Waals surface area contributed by atoms with Crippen LogP contribution >= 0.6 is 0 Å². The highest BCUT2D eigenvalue weighted by atomic mass is 16.3. The Balaban J connectivity index is 1.43. The maximum Gasteiger partial charge on any atom is 0.0897 e. The van der Waals surface area contributed by atoms with Gasteiger partial charge in [-0.2, -0.15) is 0 Å². The van der Waals surface area contributed by atoms with Gasteiger partial charge in [-0.1, -0.05) is 60.0 Å². The zero-order valence-electron chi connectivity index (χ0n) is 20.8. The molecule has 2 heterocycles. The van der Waals surface area contributed by atoms with Crippen LogP contribution in [0.25, 0.3) is 32.7 Å². The van der Waals surface area contributed by atoms with Gasteiger partial charge in [-0.25, -0.2) is 0 Å². The third-order valence-electron chi connectivity index (χ3n) is 7.87. The molecular weight excluding hydrogens is 448 g/mol. The van der Waals surface area contributed by atoms with E-state index in [1.165, 1.54) is 0 Å². The van der Waals surface area contributed by atoms with Crippen molar-refractivity contribution in [3.63, 3.8) is 0 Å². The Morgan fingerprint density at radius 1 is 0.528 bits per heavy atom. The molecule has 0 aromatic heterocycles. The first-order valence-corrected chi connectivity index (χ1v) is 12.2. The molecule has 1 aliphatic carbocycles. The van der Waals surface area contributed by atoms with E-state index in [0.29, 0.717) is 24.5 Å². The molecule has 0 atom stereocenters. The summed E-state index contributed by atoms with van der Waals surface area (Å²) < 4.78 is 0. The fraction of sp³-hybridized carbons (Fsp3) is 0.200. The molecule has 0 radical (unpaired) electrons. The molecule has 0 bridgehead atoms. The third kappa shape index (κ3) is 2.56. The maximum atomic E-state index is 13.8. The first-order chi connectivity index (χ1) is 17.4. The van der Waals surface area contributed by atoms with E-state index >= 15 is 0 Å². The van der Waals surface area contributed by atoms with E-state index in [1.54, 1.807) is 0 Å². The van der Waals surface area contributed by atoms with Crippen LogP contribution in [0.4, 0.5) is 22.7 Å². The number of rotatable bonds is 2. The van der Waals surface area contributed by atoms with Crippen molar-refractivity contribution >= 4 is 55.4 Å². The van der Waals surface area contributed by atoms with Gasteiger partial charge in [0, 0.05) is 61.5 Å². The van der Waals surface area contributed by atoms with Gasteiger partial charge in [0.25, 0.3) is 0 Å². The van der Waals surface area contributed by atoms with Crippen LogP contribution in [0.2, 0.25) is 0 Å². The largest absolute Gasteiger partial charge is 0.872 e. The van der Waals surface area contributed by atoms with Gasteiger partial charge in [0.05, 0.1) is 24.7 Å². The summed E-state index contributed by atoms with van der Waals surface area (Å²) in [5.41, 5.74) is 6.19. The lowest BCUT2D eigenvalue weighted by Gasteiger charge is -2.44. The Kier molecular flexibility index (Phi) is 4.14. The predicted molar refractivity (Wildman–Crippen MR) is 145 cm³/mol. The van der Waals surface area contributed by atoms with Gasteiger partial charge >= 0.3 is 0 Å². The number of anilines is 4. The quantitative estimate of drug-likeness (QED) is 0.443. The molecule has 6 nitrogen and oxygen atoms in total. The molecule has 4 aromatic carbocycles. The molecule has 2 aliphatic heterocycles. The molecule has 0 saturated carbocycles. The molecule has 0 fully saturated rings. The minimum Gasteiger partial charge on any atom is -0.872 e. The van der Waals surface area contributed by atoms with E-state index < -0.39 is 0 Å². The second-order valence-electron chi connectivity index (χ2n) is 10.2. The van der Waals surface area contributed by atoms with Crippen LogP contribution in [0.3, 0.4) is 0 Å². The highest BCUT2D eigenvalue weighted by Gasteiger charge is 2.30. The van der Waals surface area contributed by atoms with Crippen molar-refractivity contribution in [2.45, 2.75) is 0 Å². The van der Waals surface area contributed by atoms with Crippen molar-refractivity contribution in [2.75, 3.05) is 61.1 Å². The molecule has 3 aliphatic rings. The van der Waals surface area contributed by atoms with Crippen molar-refractivity contribution in [1.29, 1.82) is 0 Å². The number of nitrogens with zero attached hydrogens (tertiary/aromatic N) is 4. The first kappa shape index (κ1) is 21.0. The monoisotopic (exact) mass is 474 g/mol. The second-order valence-corrected chi connectivity index (χ2v) is 10.2. The molecule has 0 amide bonds. The summed E-state index contributed by atoms with van der Waals surface area (Å²) in [6.45, 7) is 1.37. The average molecular weight is 475 g/mol. The molecule has 0 saturated heterocycles. The van der Waals surface area contributed by atoms with Crippen LogP contribution in [-0.4, -0.2) is 41.5 Å². The maximum absolute atomic E-state index is 13.8. The molecule has 7 rings (SSSR count). The SMILES string of the molecule is CN1CN(C)c2c(C3=C([O-])C(c4ccc5cccc6c5c4N(C)CN6C)=C3[O-])ccc3cccc1c23. The van der Waals surface area contributed by atoms with Gasteiger partial charge in [-0.3, -0.25) is 0 Å². The van der Waals surface area contributed by atoms with Gasteiger partial charge in [0.15, 0.2) is 0 Å². The lowest BCUT2D eigenvalue weighted by atomic mass is 9.81. The zero-order chi connectivity index (χ0) is 24.9. The number of hydrogen-bond acceptors (Lipinski definition) is 6. The Morgan fingerprint density at radius 3 is 1.36 bits per heavy atom. The van der Waals surface area contributed by atoms with E-state index in [4.69, 9.17) is 0 Å². The minimum absolute atomic E-state index is 0.166. The van der Waals surface area contributed by atoms with E-state index in [0.717, 1.165) is 55.4 Å². The summed E-state index contributed by atoms with van der Waals surface area (Å²) >= 11 is 0. The average Bonchev–Trinajstić information content (AvgIpc) is 2.86. The fourth-order valence-electron chi connectivity index (χ4n) is 6.33. The normalized spacial score (nSPS) is 17.0. The first-order valence-electron chi connectivity index (χ1n) is 12.2. The van der Waals surface area contributed by atoms with Crippen LogP contribution in [0.5, 0.6) is 0 Å². The molecule has 6 heteroatoms.